The summed E-state index contributed by atoms with van der Waals surface area (Å²) >= 11 is 0. The van der Waals surface area contributed by atoms with Crippen LogP contribution in [0.25, 0.3) is 16.8 Å². The van der Waals surface area contributed by atoms with Gasteiger partial charge in [0, 0.05) is 6.20 Å². The van der Waals surface area contributed by atoms with Crippen molar-refractivity contribution in [3.63, 3.8) is 0 Å². The minimum atomic E-state index is -4.72. The summed E-state index contributed by atoms with van der Waals surface area (Å²) in [7, 11) is 0. The maximum atomic E-state index is 12.3. The summed E-state index contributed by atoms with van der Waals surface area (Å²) in [5.41, 5.74) is 1.59. The Morgan fingerprint density at radius 2 is 1.67 bits per heavy atom. The number of aromatic nitrogens is 3. The quantitative estimate of drug-likeness (QED) is 0.733. The fourth-order valence-corrected chi connectivity index (χ4v) is 2.35. The number of nitrogens with zero attached hydrogens (tertiary/aromatic N) is 3. The monoisotopic (exact) mass is 337 g/mol. The highest BCUT2D eigenvalue weighted by atomic mass is 19.4. The van der Waals surface area contributed by atoms with Gasteiger partial charge in [-0.3, -0.25) is 0 Å². The molecule has 0 N–H and O–H groups in total. The normalized spacial score (nSPS) is 12.1. The van der Waals surface area contributed by atoms with Crippen molar-refractivity contribution in [1.82, 2.24) is 14.2 Å². The van der Waals surface area contributed by atoms with Crippen LogP contribution in [0, 0.1) is 0 Å². The van der Waals surface area contributed by atoms with Gasteiger partial charge in [-0.05, 0) is 49.2 Å². The predicted octanol–water partition coefficient (Wildman–Crippen LogP) is 3.64. The van der Waals surface area contributed by atoms with E-state index in [4.69, 9.17) is 0 Å². The van der Waals surface area contributed by atoms with Crippen molar-refractivity contribution < 1.29 is 17.9 Å². The Labute approximate surface area is 134 Å². The molecule has 0 spiro atoms. The maximum Gasteiger partial charge on any atom is 0.573 e. The maximum absolute atomic E-state index is 12.3. The van der Waals surface area contributed by atoms with Crippen molar-refractivity contribution in [1.29, 1.82) is 0 Å². The molecule has 3 rings (SSSR count). The Morgan fingerprint density at radius 1 is 1.04 bits per heavy atom. The van der Waals surface area contributed by atoms with Crippen molar-refractivity contribution in [3.8, 4) is 16.9 Å². The van der Waals surface area contributed by atoms with Crippen LogP contribution in [0.4, 0.5) is 13.2 Å². The highest BCUT2D eigenvalue weighted by Crippen LogP contribution is 2.26. The van der Waals surface area contributed by atoms with Gasteiger partial charge in [0.05, 0.1) is 6.04 Å². The molecule has 3 aromatic rings. The molecule has 0 aliphatic rings. The summed E-state index contributed by atoms with van der Waals surface area (Å²) in [6.45, 7) is 3.71. The Balaban J connectivity index is 1.97. The van der Waals surface area contributed by atoms with E-state index in [-0.39, 0.29) is 17.5 Å². The summed E-state index contributed by atoms with van der Waals surface area (Å²) in [6, 6.07) is 8.84. The van der Waals surface area contributed by atoms with Gasteiger partial charge in [0.1, 0.15) is 5.75 Å². The summed E-state index contributed by atoms with van der Waals surface area (Å²) in [4.78, 5) is 12.3. The largest absolute Gasteiger partial charge is 0.573 e. The van der Waals surface area contributed by atoms with E-state index in [2.05, 4.69) is 9.84 Å². The van der Waals surface area contributed by atoms with Crippen molar-refractivity contribution in [2.75, 3.05) is 0 Å². The molecule has 0 aliphatic carbocycles. The highest BCUT2D eigenvalue weighted by Gasteiger charge is 2.30. The van der Waals surface area contributed by atoms with E-state index in [0.717, 1.165) is 0 Å². The Bertz CT molecular complexity index is 924. The number of ether oxygens (including phenoxy) is 1. The minimum absolute atomic E-state index is 0.0698. The SMILES string of the molecule is CC(C)n1nc2ccc(-c3ccc(OC(F)(F)F)cc3)cn2c1=O. The van der Waals surface area contributed by atoms with E-state index in [1.807, 2.05) is 13.8 Å². The average Bonchev–Trinajstić information content (AvgIpc) is 2.83. The first-order chi connectivity index (χ1) is 11.2. The van der Waals surface area contributed by atoms with Gasteiger partial charge in [-0.1, -0.05) is 12.1 Å². The lowest BCUT2D eigenvalue weighted by atomic mass is 10.1. The van der Waals surface area contributed by atoms with Gasteiger partial charge in [-0.15, -0.1) is 18.3 Å². The molecule has 2 aromatic heterocycles. The summed E-state index contributed by atoms with van der Waals surface area (Å²) < 4.78 is 43.2. The van der Waals surface area contributed by atoms with Crippen LogP contribution in [0.5, 0.6) is 5.75 Å². The molecule has 0 bridgehead atoms. The molecule has 0 saturated heterocycles. The topological polar surface area (TPSA) is 48.5 Å². The van der Waals surface area contributed by atoms with E-state index in [0.29, 0.717) is 16.8 Å². The smallest absolute Gasteiger partial charge is 0.406 e. The van der Waals surface area contributed by atoms with Crippen molar-refractivity contribution >= 4 is 5.65 Å². The van der Waals surface area contributed by atoms with Gasteiger partial charge < -0.3 is 4.74 Å². The molecular formula is C16H14F3N3O2. The van der Waals surface area contributed by atoms with Crippen LogP contribution in [0.1, 0.15) is 19.9 Å². The molecule has 0 aliphatic heterocycles. The van der Waals surface area contributed by atoms with Crippen LogP contribution in [-0.4, -0.2) is 20.5 Å². The Kier molecular flexibility index (Phi) is 3.82. The van der Waals surface area contributed by atoms with Crippen molar-refractivity contribution in [2.24, 2.45) is 0 Å². The molecule has 126 valence electrons. The van der Waals surface area contributed by atoms with Gasteiger partial charge in [-0.2, -0.15) is 0 Å². The van der Waals surface area contributed by atoms with E-state index >= 15 is 0 Å². The molecule has 0 radical (unpaired) electrons. The van der Waals surface area contributed by atoms with Crippen LogP contribution in [0.2, 0.25) is 0 Å². The molecule has 5 nitrogen and oxygen atoms in total. The van der Waals surface area contributed by atoms with Crippen LogP contribution >= 0.6 is 0 Å². The number of fused-ring (bicyclic) bond motifs is 1. The lowest BCUT2D eigenvalue weighted by Crippen LogP contribution is -2.22. The number of hydrogen-bond acceptors (Lipinski definition) is 3. The van der Waals surface area contributed by atoms with Crippen molar-refractivity contribution in [3.05, 3.63) is 53.1 Å². The second-order valence-electron chi connectivity index (χ2n) is 5.54. The number of halogens is 3. The summed E-state index contributed by atoms with van der Waals surface area (Å²) in [5, 5.41) is 4.22. The number of benzene rings is 1. The van der Waals surface area contributed by atoms with Gasteiger partial charge >= 0.3 is 12.1 Å². The van der Waals surface area contributed by atoms with E-state index < -0.39 is 6.36 Å². The average molecular weight is 337 g/mol. The zero-order chi connectivity index (χ0) is 17.5. The molecule has 24 heavy (non-hydrogen) atoms. The molecule has 8 heteroatoms. The van der Waals surface area contributed by atoms with E-state index in [1.54, 1.807) is 18.3 Å². The third kappa shape index (κ3) is 3.12. The van der Waals surface area contributed by atoms with Crippen LogP contribution < -0.4 is 10.4 Å². The zero-order valence-electron chi connectivity index (χ0n) is 12.9. The lowest BCUT2D eigenvalue weighted by molar-refractivity contribution is -0.274. The van der Waals surface area contributed by atoms with E-state index in [1.165, 1.54) is 33.3 Å². The number of hydrogen-bond donors (Lipinski definition) is 0. The summed E-state index contributed by atoms with van der Waals surface area (Å²) in [5.74, 6) is -0.294. The lowest BCUT2D eigenvalue weighted by Gasteiger charge is -2.09. The fraction of sp³-hybridized carbons (Fsp3) is 0.250. The third-order valence-electron chi connectivity index (χ3n) is 3.45. The number of pyridine rings is 1. The fourth-order valence-electron chi connectivity index (χ4n) is 2.35. The van der Waals surface area contributed by atoms with Gasteiger partial charge in [0.25, 0.3) is 0 Å². The van der Waals surface area contributed by atoms with Crippen LogP contribution in [0.3, 0.4) is 0 Å². The first kappa shape index (κ1) is 16.1. The molecule has 0 saturated carbocycles. The second-order valence-corrected chi connectivity index (χ2v) is 5.54. The molecule has 0 amide bonds. The molecule has 0 atom stereocenters. The summed E-state index contributed by atoms with van der Waals surface area (Å²) in [6.07, 6.45) is -3.11. The van der Waals surface area contributed by atoms with Crippen LogP contribution in [-0.2, 0) is 0 Å². The minimum Gasteiger partial charge on any atom is -0.406 e. The van der Waals surface area contributed by atoms with Crippen LogP contribution in [0.15, 0.2) is 47.4 Å². The number of rotatable bonds is 3. The van der Waals surface area contributed by atoms with Gasteiger partial charge in [0.2, 0.25) is 0 Å². The van der Waals surface area contributed by atoms with E-state index in [9.17, 15) is 18.0 Å². The predicted molar refractivity (Wildman–Crippen MR) is 82.0 cm³/mol. The second kappa shape index (κ2) is 5.70. The molecule has 1 aromatic carbocycles. The molecule has 2 heterocycles. The highest BCUT2D eigenvalue weighted by molar-refractivity contribution is 5.65. The van der Waals surface area contributed by atoms with Crippen molar-refractivity contribution in [2.45, 2.75) is 26.3 Å². The van der Waals surface area contributed by atoms with Gasteiger partial charge in [0.15, 0.2) is 5.65 Å². The standard InChI is InChI=1S/C16H14F3N3O2/c1-10(2)22-15(23)21-9-12(5-8-14(21)20-22)11-3-6-13(7-4-11)24-16(17,18)19/h3-10H,1-2H3. The molecular weight excluding hydrogens is 323 g/mol. The first-order valence-corrected chi connectivity index (χ1v) is 7.22. The molecule has 0 unspecified atom stereocenters. The first-order valence-electron chi connectivity index (χ1n) is 7.22. The van der Waals surface area contributed by atoms with Gasteiger partial charge in [-0.25, -0.2) is 13.9 Å². The Hall–Kier alpha value is -2.77. The third-order valence-corrected chi connectivity index (χ3v) is 3.45. The zero-order valence-corrected chi connectivity index (χ0v) is 12.9. The Morgan fingerprint density at radius 3 is 2.25 bits per heavy atom. The molecule has 0 fully saturated rings. The number of alkyl halides is 3.